The Morgan fingerprint density at radius 1 is 1.05 bits per heavy atom. The number of halogens is 1. The zero-order valence-electron chi connectivity index (χ0n) is 11.7. The SMILES string of the molecule is NC1CCC(F)(C2CCOC3(CCSCC3)C2)CC1. The van der Waals surface area contributed by atoms with E-state index >= 15 is 4.39 Å². The van der Waals surface area contributed by atoms with E-state index in [1.807, 2.05) is 11.8 Å². The Balaban J connectivity index is 1.67. The average Bonchev–Trinajstić information content (AvgIpc) is 2.43. The van der Waals surface area contributed by atoms with Crippen LogP contribution in [0.5, 0.6) is 0 Å². The molecule has 0 amide bonds. The van der Waals surface area contributed by atoms with E-state index in [-0.39, 0.29) is 17.6 Å². The van der Waals surface area contributed by atoms with Crippen LogP contribution in [0.2, 0.25) is 0 Å². The van der Waals surface area contributed by atoms with Crippen LogP contribution in [0.4, 0.5) is 4.39 Å². The van der Waals surface area contributed by atoms with Crippen molar-refractivity contribution in [3.05, 3.63) is 0 Å². The molecule has 1 aliphatic carbocycles. The van der Waals surface area contributed by atoms with E-state index < -0.39 is 5.67 Å². The van der Waals surface area contributed by atoms with Crippen molar-refractivity contribution in [2.75, 3.05) is 18.1 Å². The molecule has 110 valence electrons. The molecule has 3 aliphatic rings. The minimum Gasteiger partial charge on any atom is -0.375 e. The van der Waals surface area contributed by atoms with Gasteiger partial charge in [0.05, 0.1) is 5.60 Å². The van der Waals surface area contributed by atoms with Crippen molar-refractivity contribution in [2.45, 2.75) is 68.7 Å². The van der Waals surface area contributed by atoms with Crippen LogP contribution in [0.3, 0.4) is 0 Å². The normalized spacial score (nSPS) is 43.3. The third kappa shape index (κ3) is 2.96. The number of hydrogen-bond acceptors (Lipinski definition) is 3. The number of ether oxygens (including phenoxy) is 1. The molecule has 0 radical (unpaired) electrons. The molecule has 1 unspecified atom stereocenters. The molecule has 3 rings (SSSR count). The molecular formula is C15H26FNOS. The second-order valence-electron chi connectivity index (χ2n) is 6.71. The monoisotopic (exact) mass is 287 g/mol. The molecule has 1 saturated carbocycles. The predicted octanol–water partition coefficient (Wildman–Crippen LogP) is 3.29. The summed E-state index contributed by atoms with van der Waals surface area (Å²) < 4.78 is 21.3. The Labute approximate surface area is 120 Å². The first-order chi connectivity index (χ1) is 9.12. The lowest BCUT2D eigenvalue weighted by molar-refractivity contribution is -0.134. The molecular weight excluding hydrogens is 261 g/mol. The second kappa shape index (κ2) is 5.53. The Hall–Kier alpha value is 0.200. The van der Waals surface area contributed by atoms with Gasteiger partial charge in [-0.2, -0.15) is 11.8 Å². The first-order valence-electron chi connectivity index (χ1n) is 7.78. The first kappa shape index (κ1) is 14.2. The number of rotatable bonds is 1. The third-order valence-electron chi connectivity index (χ3n) is 5.49. The fraction of sp³-hybridized carbons (Fsp3) is 1.00. The summed E-state index contributed by atoms with van der Waals surface area (Å²) >= 11 is 2.01. The van der Waals surface area contributed by atoms with Gasteiger partial charge in [-0.05, 0) is 68.8 Å². The molecule has 2 nitrogen and oxygen atoms in total. The van der Waals surface area contributed by atoms with Gasteiger partial charge in [-0.1, -0.05) is 0 Å². The lowest BCUT2D eigenvalue weighted by Gasteiger charge is -2.48. The van der Waals surface area contributed by atoms with Crippen molar-refractivity contribution < 1.29 is 9.13 Å². The molecule has 2 heterocycles. The summed E-state index contributed by atoms with van der Waals surface area (Å²) in [4.78, 5) is 0. The van der Waals surface area contributed by atoms with E-state index in [1.165, 1.54) is 11.5 Å². The van der Waals surface area contributed by atoms with Crippen LogP contribution in [0, 0.1) is 5.92 Å². The van der Waals surface area contributed by atoms with Crippen LogP contribution in [0.25, 0.3) is 0 Å². The van der Waals surface area contributed by atoms with E-state index in [0.717, 1.165) is 45.1 Å². The van der Waals surface area contributed by atoms with E-state index in [4.69, 9.17) is 10.5 Å². The summed E-state index contributed by atoms with van der Waals surface area (Å²) in [5.74, 6) is 2.56. The minimum atomic E-state index is -0.961. The van der Waals surface area contributed by atoms with Crippen LogP contribution in [0.15, 0.2) is 0 Å². The maximum atomic E-state index is 15.3. The Morgan fingerprint density at radius 2 is 1.74 bits per heavy atom. The largest absolute Gasteiger partial charge is 0.375 e. The average molecular weight is 287 g/mol. The van der Waals surface area contributed by atoms with E-state index in [9.17, 15) is 0 Å². The van der Waals surface area contributed by atoms with E-state index in [2.05, 4.69) is 0 Å². The molecule has 4 heteroatoms. The zero-order valence-corrected chi connectivity index (χ0v) is 12.5. The maximum Gasteiger partial charge on any atom is 0.114 e. The molecule has 3 fully saturated rings. The fourth-order valence-corrected chi connectivity index (χ4v) is 5.33. The van der Waals surface area contributed by atoms with Gasteiger partial charge in [0.15, 0.2) is 0 Å². The number of nitrogens with two attached hydrogens (primary N) is 1. The molecule has 2 saturated heterocycles. The van der Waals surface area contributed by atoms with Gasteiger partial charge in [0.25, 0.3) is 0 Å². The van der Waals surface area contributed by atoms with Crippen LogP contribution in [0.1, 0.15) is 51.4 Å². The second-order valence-corrected chi connectivity index (χ2v) is 7.93. The highest BCUT2D eigenvalue weighted by Gasteiger charge is 2.48. The highest BCUT2D eigenvalue weighted by Crippen LogP contribution is 2.48. The molecule has 0 bridgehead atoms. The summed E-state index contributed by atoms with van der Waals surface area (Å²) in [6.07, 6.45) is 7.13. The van der Waals surface area contributed by atoms with Crippen molar-refractivity contribution in [1.29, 1.82) is 0 Å². The quantitative estimate of drug-likeness (QED) is 0.804. The predicted molar refractivity (Wildman–Crippen MR) is 78.2 cm³/mol. The van der Waals surface area contributed by atoms with Gasteiger partial charge in [0.2, 0.25) is 0 Å². The standard InChI is InChI=1S/C15H26FNOS/c16-15(4-1-13(17)2-5-15)12-3-8-18-14(11-12)6-9-19-10-7-14/h12-13H,1-11,17H2. The van der Waals surface area contributed by atoms with Crippen molar-refractivity contribution in [1.82, 2.24) is 0 Å². The van der Waals surface area contributed by atoms with Crippen LogP contribution in [-0.4, -0.2) is 35.4 Å². The summed E-state index contributed by atoms with van der Waals surface area (Å²) in [6, 6.07) is 0.226. The zero-order chi connectivity index (χ0) is 13.3. The molecule has 0 aromatic carbocycles. The minimum absolute atomic E-state index is 0.00677. The lowest BCUT2D eigenvalue weighted by Crippen LogP contribution is -2.50. The van der Waals surface area contributed by atoms with Crippen LogP contribution >= 0.6 is 11.8 Å². The van der Waals surface area contributed by atoms with E-state index in [1.54, 1.807) is 0 Å². The molecule has 1 spiro atoms. The molecule has 0 aromatic heterocycles. The molecule has 2 aliphatic heterocycles. The van der Waals surface area contributed by atoms with Crippen LogP contribution in [-0.2, 0) is 4.74 Å². The molecule has 0 aromatic rings. The van der Waals surface area contributed by atoms with Gasteiger partial charge in [-0.15, -0.1) is 0 Å². The topological polar surface area (TPSA) is 35.2 Å². The first-order valence-corrected chi connectivity index (χ1v) is 8.94. The summed E-state index contributed by atoms with van der Waals surface area (Å²) in [7, 11) is 0. The third-order valence-corrected chi connectivity index (χ3v) is 6.48. The summed E-state index contributed by atoms with van der Waals surface area (Å²) in [5.41, 5.74) is 4.97. The van der Waals surface area contributed by atoms with Gasteiger partial charge in [0, 0.05) is 12.6 Å². The van der Waals surface area contributed by atoms with Gasteiger partial charge >= 0.3 is 0 Å². The Bertz CT molecular complexity index is 306. The summed E-state index contributed by atoms with van der Waals surface area (Å²) in [5, 5.41) is 0. The van der Waals surface area contributed by atoms with E-state index in [0.29, 0.717) is 12.8 Å². The smallest absolute Gasteiger partial charge is 0.114 e. The van der Waals surface area contributed by atoms with Gasteiger partial charge in [0.1, 0.15) is 5.67 Å². The van der Waals surface area contributed by atoms with Crippen molar-refractivity contribution in [3.63, 3.8) is 0 Å². The van der Waals surface area contributed by atoms with Crippen molar-refractivity contribution in [2.24, 2.45) is 11.7 Å². The Kier molecular flexibility index (Phi) is 4.12. The maximum absolute atomic E-state index is 15.3. The molecule has 1 atom stereocenters. The van der Waals surface area contributed by atoms with Crippen molar-refractivity contribution in [3.8, 4) is 0 Å². The number of thioether (sulfide) groups is 1. The number of alkyl halides is 1. The fourth-order valence-electron chi connectivity index (χ4n) is 4.09. The highest BCUT2D eigenvalue weighted by molar-refractivity contribution is 7.99. The summed E-state index contributed by atoms with van der Waals surface area (Å²) in [6.45, 7) is 0.757. The molecule has 2 N–H and O–H groups in total. The van der Waals surface area contributed by atoms with Gasteiger partial charge in [-0.25, -0.2) is 4.39 Å². The van der Waals surface area contributed by atoms with Crippen molar-refractivity contribution >= 4 is 11.8 Å². The highest BCUT2D eigenvalue weighted by atomic mass is 32.2. The number of hydrogen-bond donors (Lipinski definition) is 1. The van der Waals surface area contributed by atoms with Gasteiger partial charge < -0.3 is 10.5 Å². The lowest BCUT2D eigenvalue weighted by atomic mass is 9.68. The molecule has 19 heavy (non-hydrogen) atoms. The van der Waals surface area contributed by atoms with Gasteiger partial charge in [-0.3, -0.25) is 0 Å². The van der Waals surface area contributed by atoms with Crippen LogP contribution < -0.4 is 5.73 Å². The Morgan fingerprint density at radius 3 is 2.42 bits per heavy atom.